The lowest BCUT2D eigenvalue weighted by atomic mass is 9.97. The minimum Gasteiger partial charge on any atom is -0.325 e. The van der Waals surface area contributed by atoms with Crippen LogP contribution in [0.5, 0.6) is 0 Å². The van der Waals surface area contributed by atoms with Crippen LogP contribution in [0.3, 0.4) is 0 Å². The maximum Gasteiger partial charge on any atom is 0.227 e. The number of nitrogens with one attached hydrogen (secondary N) is 1. The summed E-state index contributed by atoms with van der Waals surface area (Å²) >= 11 is 17.9. The van der Waals surface area contributed by atoms with Crippen molar-refractivity contribution in [2.75, 3.05) is 18.4 Å². The predicted molar refractivity (Wildman–Crippen MR) is 113 cm³/mol. The molecule has 5 nitrogen and oxygen atoms in total. The second-order valence-electron chi connectivity index (χ2n) is 6.67. The Morgan fingerprint density at radius 2 is 1.71 bits per heavy atom. The zero-order chi connectivity index (χ0) is 20.3. The van der Waals surface area contributed by atoms with Crippen LogP contribution in [0.4, 0.5) is 5.69 Å². The van der Waals surface area contributed by atoms with E-state index in [0.717, 1.165) is 0 Å². The molecule has 0 radical (unpaired) electrons. The molecule has 0 aliphatic carbocycles. The molecule has 1 aliphatic heterocycles. The number of nitrogens with zero attached hydrogens (tertiary/aromatic N) is 1. The minimum absolute atomic E-state index is 0.106. The van der Waals surface area contributed by atoms with E-state index in [1.807, 2.05) is 0 Å². The monoisotopic (exact) mass is 460 g/mol. The summed E-state index contributed by atoms with van der Waals surface area (Å²) in [7, 11) is -3.47. The number of amides is 1. The summed E-state index contributed by atoms with van der Waals surface area (Å²) in [5, 5.41) is 4.15. The van der Waals surface area contributed by atoms with Gasteiger partial charge in [-0.05, 0) is 48.7 Å². The van der Waals surface area contributed by atoms with Gasteiger partial charge in [-0.25, -0.2) is 12.7 Å². The molecule has 28 heavy (non-hydrogen) atoms. The molecular weight excluding hydrogens is 443 g/mol. The average Bonchev–Trinajstić information content (AvgIpc) is 2.64. The van der Waals surface area contributed by atoms with E-state index >= 15 is 0 Å². The topological polar surface area (TPSA) is 66.5 Å². The first-order chi connectivity index (χ1) is 13.2. The Bertz CT molecular complexity index is 974. The van der Waals surface area contributed by atoms with Crippen molar-refractivity contribution in [3.63, 3.8) is 0 Å². The largest absolute Gasteiger partial charge is 0.325 e. The van der Waals surface area contributed by atoms with E-state index < -0.39 is 10.0 Å². The van der Waals surface area contributed by atoms with Crippen molar-refractivity contribution in [3.05, 3.63) is 63.1 Å². The van der Waals surface area contributed by atoms with E-state index in [2.05, 4.69) is 5.32 Å². The number of carbonyl (C=O) groups is 1. The summed E-state index contributed by atoms with van der Waals surface area (Å²) in [6.45, 7) is 0.602. The van der Waals surface area contributed by atoms with Crippen molar-refractivity contribution in [1.82, 2.24) is 4.31 Å². The molecule has 1 amide bonds. The molecule has 0 saturated carbocycles. The van der Waals surface area contributed by atoms with Crippen LogP contribution in [0.15, 0.2) is 42.5 Å². The molecular formula is C19H19Cl3N2O3S. The molecule has 1 N–H and O–H groups in total. The summed E-state index contributed by atoms with van der Waals surface area (Å²) in [5.41, 5.74) is 1.14. The van der Waals surface area contributed by atoms with Gasteiger partial charge < -0.3 is 5.32 Å². The number of anilines is 1. The lowest BCUT2D eigenvalue weighted by Crippen LogP contribution is -2.41. The maximum absolute atomic E-state index is 12.7. The first kappa shape index (κ1) is 21.4. The van der Waals surface area contributed by atoms with Gasteiger partial charge in [-0.1, -0.05) is 46.9 Å². The second-order valence-corrected chi connectivity index (χ2v) is 9.92. The lowest BCUT2D eigenvalue weighted by molar-refractivity contribution is -0.120. The van der Waals surface area contributed by atoms with Crippen LogP contribution in [0.2, 0.25) is 15.1 Å². The Balaban J connectivity index is 1.58. The summed E-state index contributed by atoms with van der Waals surface area (Å²) in [6, 6.07) is 11.7. The van der Waals surface area contributed by atoms with Crippen LogP contribution < -0.4 is 5.32 Å². The van der Waals surface area contributed by atoms with E-state index in [9.17, 15) is 13.2 Å². The fourth-order valence-corrected chi connectivity index (χ4v) is 5.37. The summed E-state index contributed by atoms with van der Waals surface area (Å²) < 4.78 is 26.8. The van der Waals surface area contributed by atoms with Crippen molar-refractivity contribution in [2.24, 2.45) is 5.92 Å². The molecule has 1 saturated heterocycles. The van der Waals surface area contributed by atoms with Crippen molar-refractivity contribution in [1.29, 1.82) is 0 Å². The van der Waals surface area contributed by atoms with Crippen molar-refractivity contribution < 1.29 is 13.2 Å². The normalized spacial score (nSPS) is 16.1. The van der Waals surface area contributed by atoms with Gasteiger partial charge in [-0.2, -0.15) is 0 Å². The number of hydrogen-bond donors (Lipinski definition) is 1. The molecule has 150 valence electrons. The number of benzene rings is 2. The number of hydrogen-bond acceptors (Lipinski definition) is 3. The predicted octanol–water partition coefficient (Wildman–Crippen LogP) is 4.83. The molecule has 0 unspecified atom stereocenters. The Hall–Kier alpha value is -1.31. The summed E-state index contributed by atoms with van der Waals surface area (Å²) in [5.74, 6) is -0.550. The molecule has 9 heteroatoms. The van der Waals surface area contributed by atoms with Crippen LogP contribution in [0, 0.1) is 5.92 Å². The number of rotatable bonds is 5. The molecule has 0 bridgehead atoms. The zero-order valence-electron chi connectivity index (χ0n) is 14.9. The zero-order valence-corrected chi connectivity index (χ0v) is 18.0. The van der Waals surface area contributed by atoms with Gasteiger partial charge in [0, 0.05) is 29.1 Å². The third-order valence-corrected chi connectivity index (χ3v) is 7.28. The first-order valence-electron chi connectivity index (χ1n) is 8.73. The van der Waals surface area contributed by atoms with Crippen LogP contribution in [-0.2, 0) is 20.6 Å². The van der Waals surface area contributed by atoms with Gasteiger partial charge in [0.1, 0.15) is 0 Å². The van der Waals surface area contributed by atoms with Crippen molar-refractivity contribution in [3.8, 4) is 0 Å². The third kappa shape index (κ3) is 5.39. The number of piperidine rings is 1. The number of halogens is 3. The minimum atomic E-state index is -3.47. The van der Waals surface area contributed by atoms with E-state index in [1.165, 1.54) is 4.31 Å². The Labute approximate surface area is 179 Å². The highest BCUT2D eigenvalue weighted by Gasteiger charge is 2.31. The summed E-state index contributed by atoms with van der Waals surface area (Å²) in [4.78, 5) is 12.5. The number of carbonyl (C=O) groups excluding carboxylic acids is 1. The molecule has 3 rings (SSSR count). The fourth-order valence-electron chi connectivity index (χ4n) is 3.15. The van der Waals surface area contributed by atoms with Gasteiger partial charge in [0.15, 0.2) is 0 Å². The van der Waals surface area contributed by atoms with E-state index in [0.29, 0.717) is 52.2 Å². The molecule has 2 aromatic rings. The molecule has 1 fully saturated rings. The molecule has 0 aromatic heterocycles. The van der Waals surface area contributed by atoms with E-state index in [-0.39, 0.29) is 17.6 Å². The molecule has 1 aliphatic rings. The van der Waals surface area contributed by atoms with Crippen LogP contribution >= 0.6 is 34.8 Å². The van der Waals surface area contributed by atoms with Crippen molar-refractivity contribution in [2.45, 2.75) is 18.6 Å². The highest BCUT2D eigenvalue weighted by molar-refractivity contribution is 7.88. The van der Waals surface area contributed by atoms with Crippen LogP contribution in [-0.4, -0.2) is 31.7 Å². The highest BCUT2D eigenvalue weighted by atomic mass is 35.5. The Morgan fingerprint density at radius 3 is 2.36 bits per heavy atom. The Morgan fingerprint density at radius 1 is 1.04 bits per heavy atom. The van der Waals surface area contributed by atoms with Gasteiger partial charge in [-0.3, -0.25) is 4.79 Å². The van der Waals surface area contributed by atoms with Crippen molar-refractivity contribution >= 4 is 56.4 Å². The molecule has 2 aromatic carbocycles. The van der Waals surface area contributed by atoms with Crippen LogP contribution in [0.25, 0.3) is 0 Å². The SMILES string of the molecule is O=C(Nc1ccc(Cl)cc1Cl)C1CCN(S(=O)(=O)Cc2cccc(Cl)c2)CC1. The van der Waals surface area contributed by atoms with E-state index in [1.54, 1.807) is 42.5 Å². The van der Waals surface area contributed by atoms with Gasteiger partial charge in [0.25, 0.3) is 0 Å². The standard InChI is InChI=1S/C19H19Cl3N2O3S/c20-15-3-1-2-13(10-15)12-28(26,27)24-8-6-14(7-9-24)19(25)23-18-5-4-16(21)11-17(18)22/h1-5,10-11,14H,6-9,12H2,(H,23,25). The number of sulfonamides is 1. The smallest absolute Gasteiger partial charge is 0.227 e. The molecule has 1 heterocycles. The van der Waals surface area contributed by atoms with Gasteiger partial charge in [0.2, 0.25) is 15.9 Å². The van der Waals surface area contributed by atoms with Crippen LogP contribution in [0.1, 0.15) is 18.4 Å². The van der Waals surface area contributed by atoms with Gasteiger partial charge >= 0.3 is 0 Å². The Kier molecular flexibility index (Phi) is 6.89. The maximum atomic E-state index is 12.7. The second kappa shape index (κ2) is 9.01. The molecule has 0 atom stereocenters. The lowest BCUT2D eigenvalue weighted by Gasteiger charge is -2.30. The van der Waals surface area contributed by atoms with Gasteiger partial charge in [0.05, 0.1) is 16.5 Å². The fraction of sp³-hybridized carbons (Fsp3) is 0.316. The molecule has 0 spiro atoms. The van der Waals surface area contributed by atoms with Gasteiger partial charge in [-0.15, -0.1) is 0 Å². The highest BCUT2D eigenvalue weighted by Crippen LogP contribution is 2.28. The average molecular weight is 462 g/mol. The first-order valence-corrected chi connectivity index (χ1v) is 11.5. The van der Waals surface area contributed by atoms with E-state index in [4.69, 9.17) is 34.8 Å². The quantitative estimate of drug-likeness (QED) is 0.693. The third-order valence-electron chi connectivity index (χ3n) is 4.65. The summed E-state index contributed by atoms with van der Waals surface area (Å²) in [6.07, 6.45) is 0.900.